The smallest absolute Gasteiger partial charge is 0.307 e. The molecule has 0 bridgehead atoms. The maximum atomic E-state index is 10.6. The van der Waals surface area contributed by atoms with Gasteiger partial charge in [0.25, 0.3) is 0 Å². The summed E-state index contributed by atoms with van der Waals surface area (Å²) in [4.78, 5) is 14.4. The highest BCUT2D eigenvalue weighted by Crippen LogP contribution is 2.21. The second-order valence-electron chi connectivity index (χ2n) is 3.20. The van der Waals surface area contributed by atoms with Crippen molar-refractivity contribution in [2.24, 2.45) is 0 Å². The van der Waals surface area contributed by atoms with Crippen molar-refractivity contribution in [3.05, 3.63) is 40.9 Å². The Balaban J connectivity index is 2.34. The molecule has 0 spiro atoms. The highest BCUT2D eigenvalue weighted by molar-refractivity contribution is 9.10. The monoisotopic (exact) mass is 281 g/mol. The molecule has 82 valence electrons. The molecule has 1 heterocycles. The number of benzene rings is 1. The predicted molar refractivity (Wildman–Crippen MR) is 60.4 cm³/mol. The first-order valence-corrected chi connectivity index (χ1v) is 5.31. The lowest BCUT2D eigenvalue weighted by Gasteiger charge is -2.05. The van der Waals surface area contributed by atoms with Crippen LogP contribution in [0.25, 0.3) is 5.69 Å². The lowest BCUT2D eigenvalue weighted by atomic mass is 10.1. The number of halogens is 1. The molecule has 0 atom stereocenters. The molecule has 1 N–H and O–H groups in total. The maximum Gasteiger partial charge on any atom is 0.307 e. The highest BCUT2D eigenvalue weighted by atomic mass is 79.9. The predicted octanol–water partition coefficient (Wildman–Crippen LogP) is 1.66. The van der Waals surface area contributed by atoms with Crippen molar-refractivity contribution in [2.45, 2.75) is 6.42 Å². The molecule has 6 heteroatoms. The van der Waals surface area contributed by atoms with E-state index in [1.165, 1.54) is 6.33 Å². The Morgan fingerprint density at radius 1 is 1.50 bits per heavy atom. The number of rotatable bonds is 3. The van der Waals surface area contributed by atoms with Gasteiger partial charge < -0.3 is 5.11 Å². The van der Waals surface area contributed by atoms with E-state index in [0.29, 0.717) is 0 Å². The Hall–Kier alpha value is -1.69. The van der Waals surface area contributed by atoms with Crippen molar-refractivity contribution >= 4 is 21.9 Å². The first-order chi connectivity index (χ1) is 7.66. The van der Waals surface area contributed by atoms with E-state index in [9.17, 15) is 4.79 Å². The Morgan fingerprint density at radius 2 is 2.31 bits per heavy atom. The van der Waals surface area contributed by atoms with Gasteiger partial charge in [-0.15, -0.1) is 0 Å². The number of hydrogen-bond donors (Lipinski definition) is 1. The van der Waals surface area contributed by atoms with Crippen molar-refractivity contribution < 1.29 is 9.90 Å². The number of aliphatic carboxylic acids is 1. The van der Waals surface area contributed by atoms with Crippen LogP contribution < -0.4 is 0 Å². The van der Waals surface area contributed by atoms with Crippen molar-refractivity contribution in [3.63, 3.8) is 0 Å². The Bertz CT molecular complexity index is 511. The van der Waals surface area contributed by atoms with Gasteiger partial charge in [0, 0.05) is 4.47 Å². The van der Waals surface area contributed by atoms with Gasteiger partial charge in [0.2, 0.25) is 0 Å². The zero-order chi connectivity index (χ0) is 11.5. The van der Waals surface area contributed by atoms with Crippen LogP contribution in [0.2, 0.25) is 0 Å². The molecule has 0 amide bonds. The molecule has 0 aliphatic carbocycles. The van der Waals surface area contributed by atoms with E-state index in [1.54, 1.807) is 29.2 Å². The zero-order valence-corrected chi connectivity index (χ0v) is 9.75. The third kappa shape index (κ3) is 2.27. The minimum atomic E-state index is -0.847. The van der Waals surface area contributed by atoms with Gasteiger partial charge in [-0.3, -0.25) is 4.79 Å². The van der Waals surface area contributed by atoms with E-state index in [-0.39, 0.29) is 6.42 Å². The van der Waals surface area contributed by atoms with Crippen LogP contribution >= 0.6 is 15.9 Å². The van der Waals surface area contributed by atoms with Crippen LogP contribution in [-0.4, -0.2) is 25.8 Å². The van der Waals surface area contributed by atoms with Crippen LogP contribution in [0.1, 0.15) is 5.56 Å². The van der Waals surface area contributed by atoms with Crippen LogP contribution in [0.4, 0.5) is 0 Å². The number of carbonyl (C=O) groups is 1. The molecular weight excluding hydrogens is 274 g/mol. The first kappa shape index (κ1) is 10.8. The van der Waals surface area contributed by atoms with Crippen LogP contribution in [-0.2, 0) is 11.2 Å². The van der Waals surface area contributed by atoms with E-state index in [0.717, 1.165) is 15.7 Å². The maximum absolute atomic E-state index is 10.6. The van der Waals surface area contributed by atoms with E-state index in [2.05, 4.69) is 26.0 Å². The van der Waals surface area contributed by atoms with E-state index < -0.39 is 5.97 Å². The average Bonchev–Trinajstić information content (AvgIpc) is 2.69. The summed E-state index contributed by atoms with van der Waals surface area (Å²) < 4.78 is 2.39. The molecule has 2 aromatic rings. The molecule has 1 aromatic heterocycles. The van der Waals surface area contributed by atoms with Crippen LogP contribution in [0.5, 0.6) is 0 Å². The van der Waals surface area contributed by atoms with Crippen LogP contribution in [0.15, 0.2) is 35.3 Å². The van der Waals surface area contributed by atoms with Crippen molar-refractivity contribution in [1.82, 2.24) is 14.8 Å². The number of aromatic nitrogens is 3. The Labute approximate surface area is 99.9 Å². The molecule has 0 saturated heterocycles. The molecule has 0 saturated carbocycles. The standard InChI is InChI=1S/C10H8BrN3O2/c11-8-3-7(4-10(15)16)1-2-9(8)14-6-12-5-13-14/h1-3,5-6H,4H2,(H,15,16). The molecule has 5 nitrogen and oxygen atoms in total. The lowest BCUT2D eigenvalue weighted by Crippen LogP contribution is -2.01. The molecule has 2 rings (SSSR count). The number of carboxylic acids is 1. The summed E-state index contributed by atoms with van der Waals surface area (Å²) in [5.41, 5.74) is 1.56. The molecule has 0 radical (unpaired) electrons. The van der Waals surface area contributed by atoms with E-state index in [4.69, 9.17) is 5.11 Å². The first-order valence-electron chi connectivity index (χ1n) is 4.52. The lowest BCUT2D eigenvalue weighted by molar-refractivity contribution is -0.136. The Morgan fingerprint density at radius 3 is 2.88 bits per heavy atom. The SMILES string of the molecule is O=C(O)Cc1ccc(-n2cncn2)c(Br)c1. The second-order valence-corrected chi connectivity index (χ2v) is 4.05. The zero-order valence-electron chi connectivity index (χ0n) is 8.17. The fraction of sp³-hybridized carbons (Fsp3) is 0.100. The van der Waals surface area contributed by atoms with Gasteiger partial charge in [0.1, 0.15) is 12.7 Å². The molecule has 0 aliphatic rings. The molecule has 0 fully saturated rings. The molecule has 1 aromatic carbocycles. The highest BCUT2D eigenvalue weighted by Gasteiger charge is 2.06. The van der Waals surface area contributed by atoms with Gasteiger partial charge in [-0.25, -0.2) is 9.67 Å². The largest absolute Gasteiger partial charge is 0.481 e. The fourth-order valence-electron chi connectivity index (χ4n) is 1.35. The molecule has 0 unspecified atom stereocenters. The number of hydrogen-bond acceptors (Lipinski definition) is 3. The van der Waals surface area contributed by atoms with Crippen LogP contribution in [0, 0.1) is 0 Å². The third-order valence-corrected chi connectivity index (χ3v) is 2.67. The van der Waals surface area contributed by atoms with Gasteiger partial charge >= 0.3 is 5.97 Å². The normalized spacial score (nSPS) is 10.3. The summed E-state index contributed by atoms with van der Waals surface area (Å²) >= 11 is 3.38. The summed E-state index contributed by atoms with van der Waals surface area (Å²) in [6.07, 6.45) is 3.03. The number of nitrogens with zero attached hydrogens (tertiary/aromatic N) is 3. The summed E-state index contributed by atoms with van der Waals surface area (Å²) in [6.45, 7) is 0. The van der Waals surface area contributed by atoms with Crippen molar-refractivity contribution in [1.29, 1.82) is 0 Å². The van der Waals surface area contributed by atoms with Gasteiger partial charge in [0.05, 0.1) is 12.1 Å². The van der Waals surface area contributed by atoms with Crippen molar-refractivity contribution in [2.75, 3.05) is 0 Å². The van der Waals surface area contributed by atoms with E-state index in [1.807, 2.05) is 0 Å². The second kappa shape index (κ2) is 4.44. The van der Waals surface area contributed by atoms with Gasteiger partial charge in [-0.05, 0) is 33.6 Å². The Kier molecular flexibility index (Phi) is 3.00. The third-order valence-electron chi connectivity index (χ3n) is 2.03. The minimum absolute atomic E-state index is 0.0102. The van der Waals surface area contributed by atoms with Gasteiger partial charge in [0.15, 0.2) is 0 Å². The van der Waals surface area contributed by atoms with Crippen LogP contribution in [0.3, 0.4) is 0 Å². The fourth-order valence-corrected chi connectivity index (χ4v) is 1.96. The quantitative estimate of drug-likeness (QED) is 0.929. The summed E-state index contributed by atoms with van der Waals surface area (Å²) in [6, 6.07) is 5.33. The van der Waals surface area contributed by atoms with Gasteiger partial charge in [-0.2, -0.15) is 5.10 Å². The number of carboxylic acid groups (broad SMARTS) is 1. The summed E-state index contributed by atoms with van der Waals surface area (Å²) in [7, 11) is 0. The molecular formula is C10H8BrN3O2. The minimum Gasteiger partial charge on any atom is -0.481 e. The van der Waals surface area contributed by atoms with Gasteiger partial charge in [-0.1, -0.05) is 6.07 Å². The average molecular weight is 282 g/mol. The molecule has 16 heavy (non-hydrogen) atoms. The molecule has 0 aliphatic heterocycles. The topological polar surface area (TPSA) is 68.0 Å². The summed E-state index contributed by atoms with van der Waals surface area (Å²) in [5, 5.41) is 12.7. The van der Waals surface area contributed by atoms with Crippen molar-refractivity contribution in [3.8, 4) is 5.69 Å². The van der Waals surface area contributed by atoms with E-state index >= 15 is 0 Å². The summed E-state index contributed by atoms with van der Waals surface area (Å²) in [5.74, 6) is -0.847.